The molecule has 0 N–H and O–H groups in total. The van der Waals surface area contributed by atoms with Crippen molar-refractivity contribution in [3.63, 3.8) is 0 Å². The van der Waals surface area contributed by atoms with E-state index in [1.165, 1.54) is 11.8 Å². The smallest absolute Gasteiger partial charge is 0.268 e. The highest BCUT2D eigenvalue weighted by Crippen LogP contribution is 2.40. The summed E-state index contributed by atoms with van der Waals surface area (Å²) in [7, 11) is 1.64. The Labute approximate surface area is 175 Å². The third-order valence-corrected chi connectivity index (χ3v) is 6.05. The van der Waals surface area contributed by atoms with Crippen LogP contribution in [0.3, 0.4) is 0 Å². The Morgan fingerprint density at radius 3 is 2.38 bits per heavy atom. The molecule has 1 saturated heterocycles. The minimum absolute atomic E-state index is 0.00208. The molecule has 0 aliphatic carbocycles. The number of para-hydroxylation sites is 1. The maximum absolute atomic E-state index is 13.2. The van der Waals surface area contributed by atoms with Crippen LogP contribution in [-0.4, -0.2) is 36.2 Å². The fourth-order valence-corrected chi connectivity index (χ4v) is 4.63. The quantitative estimate of drug-likeness (QED) is 0.669. The molecular formula is C23H23N3O2S. The highest BCUT2D eigenvalue weighted by Gasteiger charge is 2.36. The number of thioether (sulfide) groups is 1. The molecule has 148 valence electrons. The van der Waals surface area contributed by atoms with Crippen LogP contribution in [0.25, 0.3) is 6.08 Å². The monoisotopic (exact) mass is 405 g/mol. The number of nitrogens with zero attached hydrogens (tertiary/aromatic N) is 3. The number of anilines is 1. The molecule has 2 aliphatic rings. The zero-order valence-electron chi connectivity index (χ0n) is 16.8. The average Bonchev–Trinajstić information content (AvgIpc) is 3.08. The number of likely N-dealkylation sites (N-methyl/N-ethyl adjacent to an activating group) is 2. The van der Waals surface area contributed by atoms with Crippen molar-refractivity contribution in [2.75, 3.05) is 25.1 Å². The minimum atomic E-state index is 0.00208. The maximum Gasteiger partial charge on any atom is 0.268 e. The summed E-state index contributed by atoms with van der Waals surface area (Å²) in [4.78, 5) is 22.6. The molecule has 5 nitrogen and oxygen atoms in total. The van der Waals surface area contributed by atoms with Gasteiger partial charge in [-0.3, -0.25) is 9.69 Å². The van der Waals surface area contributed by atoms with E-state index in [1.807, 2.05) is 49.4 Å². The van der Waals surface area contributed by atoms with Crippen LogP contribution in [0.5, 0.6) is 5.75 Å². The fraction of sp³-hybridized carbons (Fsp3) is 0.217. The third kappa shape index (κ3) is 3.56. The van der Waals surface area contributed by atoms with Gasteiger partial charge in [-0.15, -0.1) is 0 Å². The lowest BCUT2D eigenvalue weighted by Crippen LogP contribution is -2.30. The largest absolute Gasteiger partial charge is 0.497 e. The number of ether oxygens (including phenoxy) is 1. The fourth-order valence-electron chi connectivity index (χ4n) is 3.49. The first-order valence-electron chi connectivity index (χ1n) is 9.67. The molecule has 2 heterocycles. The van der Waals surface area contributed by atoms with Gasteiger partial charge in [0.15, 0.2) is 5.17 Å². The van der Waals surface area contributed by atoms with Gasteiger partial charge >= 0.3 is 0 Å². The molecular weight excluding hydrogens is 382 g/mol. The van der Waals surface area contributed by atoms with Gasteiger partial charge < -0.3 is 9.64 Å². The van der Waals surface area contributed by atoms with E-state index in [1.54, 1.807) is 12.0 Å². The molecule has 4 rings (SSSR count). The van der Waals surface area contributed by atoms with Crippen LogP contribution in [0, 0.1) is 0 Å². The second-order valence-corrected chi connectivity index (χ2v) is 7.57. The molecule has 0 bridgehead atoms. The summed E-state index contributed by atoms with van der Waals surface area (Å²) in [5.41, 5.74) is 4.01. The third-order valence-electron chi connectivity index (χ3n) is 4.97. The number of fused-ring (bicyclic) bond motifs is 1. The molecule has 2 aromatic rings. The zero-order chi connectivity index (χ0) is 20.4. The first-order chi connectivity index (χ1) is 14.2. The topological polar surface area (TPSA) is 45.1 Å². The lowest BCUT2D eigenvalue weighted by Gasteiger charge is -2.30. The van der Waals surface area contributed by atoms with Crippen molar-refractivity contribution in [2.24, 2.45) is 4.99 Å². The van der Waals surface area contributed by atoms with Gasteiger partial charge in [0.25, 0.3) is 5.91 Å². The molecule has 6 heteroatoms. The molecule has 0 aromatic heterocycles. The van der Waals surface area contributed by atoms with Crippen molar-refractivity contribution in [3.05, 3.63) is 70.8 Å². The lowest BCUT2D eigenvalue weighted by molar-refractivity contribution is -0.122. The van der Waals surface area contributed by atoms with Crippen molar-refractivity contribution in [3.8, 4) is 5.75 Å². The van der Waals surface area contributed by atoms with Crippen LogP contribution < -0.4 is 9.64 Å². The normalized spacial score (nSPS) is 19.8. The molecule has 29 heavy (non-hydrogen) atoms. The number of methoxy groups -OCH3 is 1. The number of hydrogen-bond donors (Lipinski definition) is 0. The summed E-state index contributed by atoms with van der Waals surface area (Å²) in [6, 6.07) is 15.8. The van der Waals surface area contributed by atoms with Gasteiger partial charge in [-0.05, 0) is 67.6 Å². The summed E-state index contributed by atoms with van der Waals surface area (Å²) in [6.07, 6.45) is 4.11. The average molecular weight is 406 g/mol. The van der Waals surface area contributed by atoms with Crippen LogP contribution in [0.1, 0.15) is 19.4 Å². The SMILES string of the molecule is CCN1C(=O)/C(=C2\C=Cc3ccccc3N2CC)SC1=Nc1ccc(OC)cc1. The first-order valence-corrected chi connectivity index (χ1v) is 10.5. The number of aliphatic imine (C=N–C) groups is 1. The molecule has 1 fully saturated rings. The van der Waals surface area contributed by atoms with Crippen molar-refractivity contribution in [1.29, 1.82) is 0 Å². The van der Waals surface area contributed by atoms with Crippen LogP contribution >= 0.6 is 11.8 Å². The standard InChI is InChI=1S/C23H23N3O2S/c1-4-25-19-9-7-6-8-16(19)10-15-20(25)21-22(27)26(5-2)23(29-21)24-17-11-13-18(28-3)14-12-17/h6-15H,4-5H2,1-3H3/b21-20-,24-23?. The Morgan fingerprint density at radius 2 is 1.69 bits per heavy atom. The Balaban J connectivity index is 1.73. The van der Waals surface area contributed by atoms with E-state index in [4.69, 9.17) is 9.73 Å². The number of rotatable bonds is 4. The molecule has 2 aliphatic heterocycles. The molecule has 1 amide bonds. The van der Waals surface area contributed by atoms with E-state index in [9.17, 15) is 4.79 Å². The minimum Gasteiger partial charge on any atom is -0.497 e. The summed E-state index contributed by atoms with van der Waals surface area (Å²) in [5, 5.41) is 0.702. The van der Waals surface area contributed by atoms with Crippen LogP contribution in [0.15, 0.2) is 70.2 Å². The molecule has 0 radical (unpaired) electrons. The van der Waals surface area contributed by atoms with Crippen molar-refractivity contribution in [1.82, 2.24) is 4.90 Å². The van der Waals surface area contributed by atoms with Crippen LogP contribution in [0.4, 0.5) is 11.4 Å². The number of allylic oxidation sites excluding steroid dienone is 1. The summed E-state index contributed by atoms with van der Waals surface area (Å²) in [5.74, 6) is 0.783. The van der Waals surface area contributed by atoms with E-state index in [-0.39, 0.29) is 5.91 Å². The number of carbonyl (C=O) groups excluding carboxylic acids is 1. The first kappa shape index (κ1) is 19.3. The molecule has 2 aromatic carbocycles. The lowest BCUT2D eigenvalue weighted by atomic mass is 10.1. The Morgan fingerprint density at radius 1 is 0.966 bits per heavy atom. The van der Waals surface area contributed by atoms with Gasteiger partial charge in [0.2, 0.25) is 0 Å². The molecule has 0 saturated carbocycles. The second kappa shape index (κ2) is 8.17. The highest BCUT2D eigenvalue weighted by atomic mass is 32.2. The predicted octanol–water partition coefficient (Wildman–Crippen LogP) is 5.04. The Hall–Kier alpha value is -2.99. The number of carbonyl (C=O) groups is 1. The zero-order valence-corrected chi connectivity index (χ0v) is 17.6. The maximum atomic E-state index is 13.2. The van der Waals surface area contributed by atoms with E-state index in [0.29, 0.717) is 16.6 Å². The molecule has 0 spiro atoms. The number of benzene rings is 2. The number of amidine groups is 1. The van der Waals surface area contributed by atoms with E-state index >= 15 is 0 Å². The number of hydrogen-bond acceptors (Lipinski definition) is 5. The molecule has 0 unspecified atom stereocenters. The summed E-state index contributed by atoms with van der Waals surface area (Å²) >= 11 is 1.44. The van der Waals surface area contributed by atoms with Crippen molar-refractivity contribution >= 4 is 40.3 Å². The Kier molecular flexibility index (Phi) is 5.45. The van der Waals surface area contributed by atoms with Gasteiger partial charge in [0.1, 0.15) is 10.7 Å². The second-order valence-electron chi connectivity index (χ2n) is 6.59. The van der Waals surface area contributed by atoms with Crippen molar-refractivity contribution in [2.45, 2.75) is 13.8 Å². The molecule has 0 atom stereocenters. The van der Waals surface area contributed by atoms with E-state index in [0.717, 1.165) is 34.9 Å². The van der Waals surface area contributed by atoms with Gasteiger partial charge in [0, 0.05) is 18.8 Å². The van der Waals surface area contributed by atoms with Crippen LogP contribution in [0.2, 0.25) is 0 Å². The van der Waals surface area contributed by atoms with Gasteiger partial charge in [-0.2, -0.15) is 0 Å². The van der Waals surface area contributed by atoms with Gasteiger partial charge in [-0.25, -0.2) is 4.99 Å². The van der Waals surface area contributed by atoms with E-state index in [2.05, 4.69) is 30.0 Å². The van der Waals surface area contributed by atoms with Gasteiger partial charge in [0.05, 0.1) is 18.5 Å². The highest BCUT2D eigenvalue weighted by molar-refractivity contribution is 8.18. The summed E-state index contributed by atoms with van der Waals surface area (Å²) in [6.45, 7) is 5.43. The van der Waals surface area contributed by atoms with Crippen molar-refractivity contribution < 1.29 is 9.53 Å². The predicted molar refractivity (Wildman–Crippen MR) is 121 cm³/mol. The Bertz CT molecular complexity index is 1020. The number of amides is 1. The van der Waals surface area contributed by atoms with Gasteiger partial charge in [-0.1, -0.05) is 24.3 Å². The van der Waals surface area contributed by atoms with E-state index < -0.39 is 0 Å². The summed E-state index contributed by atoms with van der Waals surface area (Å²) < 4.78 is 5.21. The van der Waals surface area contributed by atoms with Crippen LogP contribution in [-0.2, 0) is 4.79 Å².